The van der Waals surface area contributed by atoms with Crippen molar-refractivity contribution in [1.82, 2.24) is 0 Å². The molecule has 0 radical (unpaired) electrons. The first kappa shape index (κ1) is 4.53. The van der Waals surface area contributed by atoms with Crippen LogP contribution < -0.4 is 0 Å². The molecule has 2 nitrogen and oxygen atoms in total. The number of hydrogen-bond donors (Lipinski definition) is 1. The van der Waals surface area contributed by atoms with Crippen LogP contribution in [0.2, 0.25) is 0 Å². The van der Waals surface area contributed by atoms with E-state index in [1.807, 2.05) is 0 Å². The van der Waals surface area contributed by atoms with E-state index in [4.69, 9.17) is 5.11 Å². The molecule has 0 saturated heterocycles. The van der Waals surface area contributed by atoms with Crippen molar-refractivity contribution in [3.05, 3.63) is 12.2 Å². The summed E-state index contributed by atoms with van der Waals surface area (Å²) in [6.07, 6.45) is 4.94. The first-order valence-electron chi connectivity index (χ1n) is 2.16. The Balaban J connectivity index is 2.77. The molecule has 0 bridgehead atoms. The molecule has 0 spiro atoms. The van der Waals surface area contributed by atoms with Crippen molar-refractivity contribution in [1.29, 1.82) is 0 Å². The zero-order chi connectivity index (χ0) is 5.33. The molecule has 1 unspecified atom stereocenters. The molecular formula is C5H7NO. The van der Waals surface area contributed by atoms with Gasteiger partial charge in [0.05, 0.1) is 0 Å². The summed E-state index contributed by atoms with van der Waals surface area (Å²) < 4.78 is 0. The quantitative estimate of drug-likeness (QED) is 0.464. The summed E-state index contributed by atoms with van der Waals surface area (Å²) in [5.41, 5.74) is -0.917. The molecule has 0 aromatic rings. The fourth-order valence-corrected chi connectivity index (χ4v) is 0.462. The van der Waals surface area contributed by atoms with Crippen molar-refractivity contribution in [2.45, 2.75) is 12.6 Å². The van der Waals surface area contributed by atoms with Crippen LogP contribution in [0.25, 0.3) is 0 Å². The highest BCUT2D eigenvalue weighted by Gasteiger charge is 2.13. The molecule has 0 aromatic heterocycles. The maximum absolute atomic E-state index is 8.91. The van der Waals surface area contributed by atoms with E-state index < -0.39 is 5.72 Å². The first-order valence-corrected chi connectivity index (χ1v) is 2.16. The molecule has 0 aromatic carbocycles. The lowest BCUT2D eigenvalue weighted by Crippen LogP contribution is -2.13. The molecule has 2 heteroatoms. The van der Waals surface area contributed by atoms with Gasteiger partial charge in [-0.2, -0.15) is 0 Å². The Hall–Kier alpha value is -0.630. The average molecular weight is 97.1 g/mol. The summed E-state index contributed by atoms with van der Waals surface area (Å²) in [4.78, 5) is 3.69. The van der Waals surface area contributed by atoms with Gasteiger partial charge in [0.15, 0.2) is 5.72 Å². The van der Waals surface area contributed by atoms with Crippen LogP contribution >= 0.6 is 0 Å². The van der Waals surface area contributed by atoms with E-state index in [2.05, 4.69) is 4.99 Å². The lowest BCUT2D eigenvalue weighted by molar-refractivity contribution is 0.126. The van der Waals surface area contributed by atoms with E-state index in [0.717, 1.165) is 0 Å². The molecule has 0 amide bonds. The second kappa shape index (κ2) is 1.17. The largest absolute Gasteiger partial charge is 0.366 e. The zero-order valence-electron chi connectivity index (χ0n) is 4.13. The smallest absolute Gasteiger partial charge is 0.172 e. The minimum Gasteiger partial charge on any atom is -0.366 e. The predicted octanol–water partition coefficient (Wildman–Crippen LogP) is 0.336. The predicted molar refractivity (Wildman–Crippen MR) is 28.3 cm³/mol. The summed E-state index contributed by atoms with van der Waals surface area (Å²) >= 11 is 0. The summed E-state index contributed by atoms with van der Waals surface area (Å²) in [6, 6.07) is 0. The minimum absolute atomic E-state index is 0.917. The van der Waals surface area contributed by atoms with Crippen molar-refractivity contribution in [3.63, 3.8) is 0 Å². The van der Waals surface area contributed by atoms with E-state index >= 15 is 0 Å². The third-order valence-corrected chi connectivity index (χ3v) is 0.834. The normalized spacial score (nSPS) is 37.4. The van der Waals surface area contributed by atoms with Crippen LogP contribution in [0.3, 0.4) is 0 Å². The van der Waals surface area contributed by atoms with Crippen LogP contribution in [0.1, 0.15) is 6.92 Å². The van der Waals surface area contributed by atoms with Crippen molar-refractivity contribution in [2.24, 2.45) is 4.99 Å². The Morgan fingerprint density at radius 2 is 2.43 bits per heavy atom. The molecule has 38 valence electrons. The van der Waals surface area contributed by atoms with Gasteiger partial charge in [0.25, 0.3) is 0 Å². The Bertz CT molecular complexity index is 110. The highest BCUT2D eigenvalue weighted by atomic mass is 16.3. The second-order valence-electron chi connectivity index (χ2n) is 1.73. The van der Waals surface area contributed by atoms with E-state index in [0.29, 0.717) is 0 Å². The van der Waals surface area contributed by atoms with E-state index in [1.54, 1.807) is 25.3 Å². The summed E-state index contributed by atoms with van der Waals surface area (Å²) in [5, 5.41) is 8.91. The number of rotatable bonds is 0. The Kier molecular flexibility index (Phi) is 0.755. The summed E-state index contributed by atoms with van der Waals surface area (Å²) in [6.45, 7) is 1.63. The summed E-state index contributed by atoms with van der Waals surface area (Å²) in [5.74, 6) is 0. The van der Waals surface area contributed by atoms with E-state index in [-0.39, 0.29) is 0 Å². The Labute approximate surface area is 42.2 Å². The van der Waals surface area contributed by atoms with Crippen molar-refractivity contribution in [2.75, 3.05) is 0 Å². The lowest BCUT2D eigenvalue weighted by atomic mass is 10.3. The SMILES string of the molecule is CC1(O)C=CC=N1. The third-order valence-electron chi connectivity index (χ3n) is 0.834. The molecule has 0 aliphatic carbocycles. The molecule has 1 aliphatic heterocycles. The van der Waals surface area contributed by atoms with Crippen LogP contribution in [-0.4, -0.2) is 17.0 Å². The van der Waals surface area contributed by atoms with Crippen LogP contribution in [0.15, 0.2) is 17.1 Å². The highest BCUT2D eigenvalue weighted by Crippen LogP contribution is 2.09. The number of aliphatic hydroxyl groups is 1. The van der Waals surface area contributed by atoms with Gasteiger partial charge in [0, 0.05) is 6.21 Å². The molecular weight excluding hydrogens is 90.1 g/mol. The molecule has 1 rings (SSSR count). The second-order valence-corrected chi connectivity index (χ2v) is 1.73. The monoisotopic (exact) mass is 97.1 g/mol. The van der Waals surface area contributed by atoms with Crippen LogP contribution in [-0.2, 0) is 0 Å². The zero-order valence-corrected chi connectivity index (χ0v) is 4.13. The van der Waals surface area contributed by atoms with Crippen LogP contribution in [0.5, 0.6) is 0 Å². The van der Waals surface area contributed by atoms with Crippen LogP contribution in [0.4, 0.5) is 0 Å². The number of aliphatic imine (C=N–C) groups is 1. The van der Waals surface area contributed by atoms with Gasteiger partial charge in [-0.25, -0.2) is 0 Å². The number of nitrogens with zero attached hydrogens (tertiary/aromatic N) is 1. The number of hydrogen-bond acceptors (Lipinski definition) is 2. The van der Waals surface area contributed by atoms with Gasteiger partial charge < -0.3 is 5.11 Å². The fourth-order valence-electron chi connectivity index (χ4n) is 0.462. The number of allylic oxidation sites excluding steroid dienone is 1. The minimum atomic E-state index is -0.917. The Morgan fingerprint density at radius 1 is 1.71 bits per heavy atom. The van der Waals surface area contributed by atoms with Crippen molar-refractivity contribution < 1.29 is 5.11 Å². The van der Waals surface area contributed by atoms with Gasteiger partial charge in [-0.05, 0) is 19.1 Å². The van der Waals surface area contributed by atoms with E-state index in [1.165, 1.54) is 0 Å². The molecule has 7 heavy (non-hydrogen) atoms. The van der Waals surface area contributed by atoms with Gasteiger partial charge in [0.2, 0.25) is 0 Å². The standard InChI is InChI=1S/C5H7NO/c1-5(7)3-2-4-6-5/h2-4,7H,1H3. The molecule has 1 heterocycles. The molecule has 1 N–H and O–H groups in total. The summed E-state index contributed by atoms with van der Waals surface area (Å²) in [7, 11) is 0. The maximum Gasteiger partial charge on any atom is 0.172 e. The van der Waals surface area contributed by atoms with Gasteiger partial charge in [0.1, 0.15) is 0 Å². The molecule has 0 fully saturated rings. The molecule has 1 atom stereocenters. The van der Waals surface area contributed by atoms with Gasteiger partial charge in [-0.3, -0.25) is 4.99 Å². The molecule has 0 saturated carbocycles. The third kappa shape index (κ3) is 0.871. The topological polar surface area (TPSA) is 32.6 Å². The van der Waals surface area contributed by atoms with Gasteiger partial charge >= 0.3 is 0 Å². The van der Waals surface area contributed by atoms with Gasteiger partial charge in [-0.1, -0.05) is 0 Å². The fraction of sp³-hybridized carbons (Fsp3) is 0.400. The van der Waals surface area contributed by atoms with Gasteiger partial charge in [-0.15, -0.1) is 0 Å². The Morgan fingerprint density at radius 3 is 2.57 bits per heavy atom. The highest BCUT2D eigenvalue weighted by molar-refractivity contribution is 5.74. The van der Waals surface area contributed by atoms with E-state index in [9.17, 15) is 0 Å². The first-order chi connectivity index (χ1) is 3.21. The van der Waals surface area contributed by atoms with Crippen LogP contribution in [0, 0.1) is 0 Å². The van der Waals surface area contributed by atoms with Crippen molar-refractivity contribution >= 4 is 6.21 Å². The lowest BCUT2D eigenvalue weighted by Gasteiger charge is -2.06. The van der Waals surface area contributed by atoms with Crippen molar-refractivity contribution in [3.8, 4) is 0 Å². The average Bonchev–Trinajstić information content (AvgIpc) is 1.84. The maximum atomic E-state index is 8.91. The molecule has 1 aliphatic rings.